The van der Waals surface area contributed by atoms with E-state index in [1.807, 2.05) is 44.2 Å². The molecule has 27 heavy (non-hydrogen) atoms. The van der Waals surface area contributed by atoms with E-state index in [9.17, 15) is 4.79 Å². The number of halogens is 1. The second kappa shape index (κ2) is 9.27. The van der Waals surface area contributed by atoms with Gasteiger partial charge < -0.3 is 14.8 Å². The van der Waals surface area contributed by atoms with Gasteiger partial charge in [-0.3, -0.25) is 4.79 Å². The average molecular weight is 434 g/mol. The molecule has 0 heterocycles. The second-order valence-corrected chi connectivity index (χ2v) is 7.97. The molecule has 146 valence electrons. The quantitative estimate of drug-likeness (QED) is 0.623. The Bertz CT molecular complexity index is 787. The number of hydrogen-bond donors (Lipinski definition) is 1. The zero-order valence-electron chi connectivity index (χ0n) is 16.8. The molecule has 0 bridgehead atoms. The Morgan fingerprint density at radius 1 is 1.04 bits per heavy atom. The molecule has 0 saturated carbocycles. The summed E-state index contributed by atoms with van der Waals surface area (Å²) in [5.74, 6) is 1.74. The zero-order chi connectivity index (χ0) is 20.1. The van der Waals surface area contributed by atoms with Crippen molar-refractivity contribution in [2.75, 3.05) is 7.11 Å². The first-order valence-corrected chi connectivity index (χ1v) is 9.93. The fourth-order valence-electron chi connectivity index (χ4n) is 2.99. The maximum Gasteiger partial charge on any atom is 0.261 e. The SMILES string of the molecule is COc1cc(C)c(C(C)NC(=O)C(C)Oc2ccc(Br)cc2)cc1C(C)C. The third-order valence-corrected chi connectivity index (χ3v) is 5.09. The number of aryl methyl sites for hydroxylation is 1. The van der Waals surface area contributed by atoms with Crippen LogP contribution in [0.4, 0.5) is 0 Å². The van der Waals surface area contributed by atoms with Gasteiger partial charge in [-0.05, 0) is 79.8 Å². The number of ether oxygens (including phenoxy) is 2. The Morgan fingerprint density at radius 3 is 2.22 bits per heavy atom. The van der Waals surface area contributed by atoms with Crippen LogP contribution in [-0.4, -0.2) is 19.1 Å². The lowest BCUT2D eigenvalue weighted by Gasteiger charge is -2.22. The van der Waals surface area contributed by atoms with Crippen LogP contribution in [0.25, 0.3) is 0 Å². The molecule has 2 atom stereocenters. The summed E-state index contributed by atoms with van der Waals surface area (Å²) in [6.07, 6.45) is -0.586. The van der Waals surface area contributed by atoms with Crippen molar-refractivity contribution in [2.45, 2.75) is 52.7 Å². The molecule has 2 aromatic carbocycles. The summed E-state index contributed by atoms with van der Waals surface area (Å²) in [4.78, 5) is 12.6. The molecule has 0 fully saturated rings. The van der Waals surface area contributed by atoms with Gasteiger partial charge in [0, 0.05) is 4.47 Å². The monoisotopic (exact) mass is 433 g/mol. The van der Waals surface area contributed by atoms with Gasteiger partial charge in [0.1, 0.15) is 11.5 Å². The Morgan fingerprint density at radius 2 is 1.67 bits per heavy atom. The third-order valence-electron chi connectivity index (χ3n) is 4.56. The maximum atomic E-state index is 12.6. The van der Waals surface area contributed by atoms with Gasteiger partial charge in [0.2, 0.25) is 0 Å². The molecule has 0 aliphatic rings. The summed E-state index contributed by atoms with van der Waals surface area (Å²) < 4.78 is 12.2. The first kappa shape index (κ1) is 21.3. The van der Waals surface area contributed by atoms with Crippen molar-refractivity contribution < 1.29 is 14.3 Å². The van der Waals surface area contributed by atoms with E-state index in [4.69, 9.17) is 9.47 Å². The van der Waals surface area contributed by atoms with Crippen LogP contribution in [0, 0.1) is 6.92 Å². The minimum atomic E-state index is -0.586. The highest BCUT2D eigenvalue weighted by molar-refractivity contribution is 9.10. The normalized spacial score (nSPS) is 13.2. The van der Waals surface area contributed by atoms with Gasteiger partial charge in [0.15, 0.2) is 6.10 Å². The van der Waals surface area contributed by atoms with E-state index in [1.54, 1.807) is 14.0 Å². The molecule has 0 aromatic heterocycles. The largest absolute Gasteiger partial charge is 0.496 e. The lowest BCUT2D eigenvalue weighted by Crippen LogP contribution is -2.38. The first-order chi connectivity index (χ1) is 12.7. The average Bonchev–Trinajstić information content (AvgIpc) is 2.62. The molecule has 2 aromatic rings. The molecule has 0 aliphatic heterocycles. The maximum absolute atomic E-state index is 12.6. The van der Waals surface area contributed by atoms with Crippen molar-refractivity contribution in [3.63, 3.8) is 0 Å². The number of methoxy groups -OCH3 is 1. The summed E-state index contributed by atoms with van der Waals surface area (Å²) in [5.41, 5.74) is 3.31. The topological polar surface area (TPSA) is 47.6 Å². The van der Waals surface area contributed by atoms with E-state index < -0.39 is 6.10 Å². The number of nitrogens with one attached hydrogen (secondary N) is 1. The van der Waals surface area contributed by atoms with Crippen LogP contribution in [0.15, 0.2) is 40.9 Å². The van der Waals surface area contributed by atoms with Crippen LogP contribution in [0.5, 0.6) is 11.5 Å². The Hall–Kier alpha value is -2.01. The molecule has 2 rings (SSSR count). The van der Waals surface area contributed by atoms with Gasteiger partial charge in [0.05, 0.1) is 13.2 Å². The molecule has 1 amide bonds. The third kappa shape index (κ3) is 5.48. The van der Waals surface area contributed by atoms with Crippen molar-refractivity contribution in [1.29, 1.82) is 0 Å². The molecule has 4 nitrogen and oxygen atoms in total. The van der Waals surface area contributed by atoms with Gasteiger partial charge in [-0.2, -0.15) is 0 Å². The van der Waals surface area contributed by atoms with Crippen molar-refractivity contribution in [3.8, 4) is 11.5 Å². The molecule has 1 N–H and O–H groups in total. The first-order valence-electron chi connectivity index (χ1n) is 9.14. The zero-order valence-corrected chi connectivity index (χ0v) is 18.4. The lowest BCUT2D eigenvalue weighted by molar-refractivity contribution is -0.127. The molecule has 2 unspecified atom stereocenters. The Balaban J connectivity index is 2.11. The number of hydrogen-bond acceptors (Lipinski definition) is 3. The minimum Gasteiger partial charge on any atom is -0.496 e. The van der Waals surface area contributed by atoms with E-state index in [0.29, 0.717) is 11.7 Å². The molecule has 0 aliphatic carbocycles. The fraction of sp³-hybridized carbons (Fsp3) is 0.409. The highest BCUT2D eigenvalue weighted by Gasteiger charge is 2.20. The number of amides is 1. The van der Waals surface area contributed by atoms with Crippen LogP contribution in [0.3, 0.4) is 0 Å². The standard InChI is InChI=1S/C22H28BrNO3/c1-13(2)19-12-20(14(3)11-21(19)26-6)15(4)24-22(25)16(5)27-18-9-7-17(23)8-10-18/h7-13,15-16H,1-6H3,(H,24,25). The summed E-state index contributed by atoms with van der Waals surface area (Å²) in [7, 11) is 1.69. The smallest absolute Gasteiger partial charge is 0.261 e. The van der Waals surface area contributed by atoms with Crippen LogP contribution in [0.1, 0.15) is 56.3 Å². The van der Waals surface area contributed by atoms with E-state index in [2.05, 4.69) is 41.2 Å². The van der Waals surface area contributed by atoms with E-state index in [1.165, 1.54) is 0 Å². The Kier molecular flexibility index (Phi) is 7.31. The number of rotatable bonds is 7. The summed E-state index contributed by atoms with van der Waals surface area (Å²) >= 11 is 3.39. The minimum absolute atomic E-state index is 0.128. The summed E-state index contributed by atoms with van der Waals surface area (Å²) in [6, 6.07) is 11.5. The lowest BCUT2D eigenvalue weighted by atomic mass is 9.93. The summed E-state index contributed by atoms with van der Waals surface area (Å²) in [5, 5.41) is 3.06. The number of carbonyl (C=O) groups is 1. The molecule has 0 spiro atoms. The molecule has 0 saturated heterocycles. The van der Waals surface area contributed by atoms with Gasteiger partial charge in [-0.15, -0.1) is 0 Å². The van der Waals surface area contributed by atoms with Crippen molar-refractivity contribution in [1.82, 2.24) is 5.32 Å². The highest BCUT2D eigenvalue weighted by atomic mass is 79.9. The summed E-state index contributed by atoms with van der Waals surface area (Å²) in [6.45, 7) is 10.0. The number of carbonyl (C=O) groups excluding carboxylic acids is 1. The van der Waals surface area contributed by atoms with E-state index in [-0.39, 0.29) is 11.9 Å². The molecule has 5 heteroatoms. The van der Waals surface area contributed by atoms with Crippen molar-refractivity contribution >= 4 is 21.8 Å². The molecular formula is C22H28BrNO3. The second-order valence-electron chi connectivity index (χ2n) is 7.05. The predicted molar refractivity (Wildman–Crippen MR) is 113 cm³/mol. The van der Waals surface area contributed by atoms with Crippen molar-refractivity contribution in [3.05, 3.63) is 57.6 Å². The fourth-order valence-corrected chi connectivity index (χ4v) is 3.25. The van der Waals surface area contributed by atoms with Gasteiger partial charge in [-0.25, -0.2) is 0 Å². The predicted octanol–water partition coefficient (Wildman–Crippen LogP) is 5.53. The van der Waals surface area contributed by atoms with Crippen LogP contribution >= 0.6 is 15.9 Å². The Labute approximate surface area is 170 Å². The van der Waals surface area contributed by atoms with Gasteiger partial charge in [-0.1, -0.05) is 29.8 Å². The van der Waals surface area contributed by atoms with Gasteiger partial charge in [0.25, 0.3) is 5.91 Å². The van der Waals surface area contributed by atoms with Crippen LogP contribution in [-0.2, 0) is 4.79 Å². The van der Waals surface area contributed by atoms with Gasteiger partial charge >= 0.3 is 0 Å². The van der Waals surface area contributed by atoms with E-state index >= 15 is 0 Å². The molecular weight excluding hydrogens is 406 g/mol. The molecule has 0 radical (unpaired) electrons. The highest BCUT2D eigenvalue weighted by Crippen LogP contribution is 2.32. The van der Waals surface area contributed by atoms with Crippen LogP contribution in [0.2, 0.25) is 0 Å². The van der Waals surface area contributed by atoms with Crippen LogP contribution < -0.4 is 14.8 Å². The van der Waals surface area contributed by atoms with E-state index in [0.717, 1.165) is 26.9 Å². The van der Waals surface area contributed by atoms with Crippen molar-refractivity contribution in [2.24, 2.45) is 0 Å². The number of benzene rings is 2.